The van der Waals surface area contributed by atoms with E-state index in [4.69, 9.17) is 16.6 Å². The predicted molar refractivity (Wildman–Crippen MR) is 129 cm³/mol. The van der Waals surface area contributed by atoms with E-state index in [0.717, 1.165) is 39.2 Å². The molecule has 0 saturated carbocycles. The van der Waals surface area contributed by atoms with Gasteiger partial charge in [0.05, 0.1) is 5.39 Å². The van der Waals surface area contributed by atoms with Crippen molar-refractivity contribution in [2.75, 3.05) is 11.4 Å². The zero-order valence-corrected chi connectivity index (χ0v) is 19.7. The van der Waals surface area contributed by atoms with Gasteiger partial charge in [-0.15, -0.1) is 11.3 Å². The molecule has 0 atom stereocenters. The van der Waals surface area contributed by atoms with Crippen LogP contribution in [0.3, 0.4) is 0 Å². The van der Waals surface area contributed by atoms with Gasteiger partial charge in [-0.05, 0) is 67.3 Å². The summed E-state index contributed by atoms with van der Waals surface area (Å²) in [6.07, 6.45) is 0.931. The van der Waals surface area contributed by atoms with Gasteiger partial charge in [-0.1, -0.05) is 47.1 Å². The zero-order chi connectivity index (χ0) is 20.5. The number of aryl methyl sites for hydroxylation is 2. The van der Waals surface area contributed by atoms with Crippen molar-refractivity contribution in [3.05, 3.63) is 68.7 Å². The molecule has 2 aromatic heterocycles. The Morgan fingerprint density at radius 1 is 1.07 bits per heavy atom. The van der Waals surface area contributed by atoms with E-state index < -0.39 is 0 Å². The maximum Gasteiger partial charge on any atom is 0.225 e. The van der Waals surface area contributed by atoms with E-state index in [-0.39, 0.29) is 5.28 Å². The van der Waals surface area contributed by atoms with Gasteiger partial charge in [0.2, 0.25) is 5.28 Å². The van der Waals surface area contributed by atoms with Crippen LogP contribution in [0.2, 0.25) is 5.28 Å². The summed E-state index contributed by atoms with van der Waals surface area (Å²) in [6, 6.07) is 16.9. The summed E-state index contributed by atoms with van der Waals surface area (Å²) in [5.74, 6) is 0.863. The number of hydrogen-bond acceptors (Lipinski definition) is 4. The number of aromatic nitrogens is 2. The van der Waals surface area contributed by atoms with Gasteiger partial charge in [0.1, 0.15) is 10.6 Å². The first-order chi connectivity index (χ1) is 14.0. The number of halogens is 2. The molecule has 0 radical (unpaired) electrons. The summed E-state index contributed by atoms with van der Waals surface area (Å²) in [7, 11) is 0. The molecule has 0 spiro atoms. The Balaban J connectivity index is 2.03. The molecule has 4 aromatic rings. The van der Waals surface area contributed by atoms with Crippen LogP contribution >= 0.6 is 38.9 Å². The molecular weight excluding hydrogens is 466 g/mol. The van der Waals surface area contributed by atoms with Gasteiger partial charge in [-0.25, -0.2) is 4.98 Å². The highest BCUT2D eigenvalue weighted by Crippen LogP contribution is 2.44. The molecule has 0 bridgehead atoms. The van der Waals surface area contributed by atoms with Gasteiger partial charge >= 0.3 is 0 Å². The Labute approximate surface area is 188 Å². The van der Waals surface area contributed by atoms with Gasteiger partial charge in [0, 0.05) is 27.1 Å². The highest BCUT2D eigenvalue weighted by molar-refractivity contribution is 9.10. The SMILES string of the molecule is CCc1sc2nc(Cl)nc(N(CC)c3cccc(C)c3)c2c1-c1ccc(Br)cc1. The maximum atomic E-state index is 6.37. The first-order valence-corrected chi connectivity index (χ1v) is 11.6. The molecular formula is C23H21BrClN3S. The largest absolute Gasteiger partial charge is 0.326 e. The smallest absolute Gasteiger partial charge is 0.225 e. The van der Waals surface area contributed by atoms with Crippen LogP contribution in [0, 0.1) is 6.92 Å². The van der Waals surface area contributed by atoms with Gasteiger partial charge in [-0.3, -0.25) is 0 Å². The van der Waals surface area contributed by atoms with Crippen molar-refractivity contribution >= 4 is 60.6 Å². The van der Waals surface area contributed by atoms with Gasteiger partial charge in [-0.2, -0.15) is 4.98 Å². The predicted octanol–water partition coefficient (Wildman–Crippen LogP) is 7.80. The van der Waals surface area contributed by atoms with Gasteiger partial charge < -0.3 is 4.90 Å². The van der Waals surface area contributed by atoms with Crippen molar-refractivity contribution in [3.63, 3.8) is 0 Å². The fourth-order valence-electron chi connectivity index (χ4n) is 3.62. The molecule has 4 rings (SSSR count). The van der Waals surface area contributed by atoms with E-state index in [9.17, 15) is 0 Å². The van der Waals surface area contributed by atoms with Crippen LogP contribution in [0.1, 0.15) is 24.3 Å². The van der Waals surface area contributed by atoms with Gasteiger partial charge in [0.15, 0.2) is 0 Å². The van der Waals surface area contributed by atoms with E-state index in [1.54, 1.807) is 11.3 Å². The number of fused-ring (bicyclic) bond motifs is 1. The second-order valence-electron chi connectivity index (χ2n) is 6.84. The average Bonchev–Trinajstić information content (AvgIpc) is 3.07. The van der Waals surface area contributed by atoms with Crippen molar-refractivity contribution in [2.45, 2.75) is 27.2 Å². The number of thiophene rings is 1. The van der Waals surface area contributed by atoms with Crippen LogP contribution in [0.15, 0.2) is 53.0 Å². The monoisotopic (exact) mass is 485 g/mol. The first-order valence-electron chi connectivity index (χ1n) is 9.60. The summed E-state index contributed by atoms with van der Waals surface area (Å²) in [5, 5.41) is 1.35. The number of anilines is 2. The van der Waals surface area contributed by atoms with Crippen LogP contribution in [0.4, 0.5) is 11.5 Å². The summed E-state index contributed by atoms with van der Waals surface area (Å²) in [6.45, 7) is 7.20. The number of benzene rings is 2. The lowest BCUT2D eigenvalue weighted by Gasteiger charge is -2.24. The lowest BCUT2D eigenvalue weighted by Crippen LogP contribution is -2.18. The van der Waals surface area contributed by atoms with E-state index in [2.05, 4.69) is 95.1 Å². The van der Waals surface area contributed by atoms with Crippen LogP contribution in [0.5, 0.6) is 0 Å². The lowest BCUT2D eigenvalue weighted by molar-refractivity contribution is 0.990. The Bertz CT molecular complexity index is 1170. The molecule has 0 aliphatic carbocycles. The third-order valence-corrected chi connectivity index (χ3v) is 6.84. The Morgan fingerprint density at radius 3 is 2.48 bits per heavy atom. The van der Waals surface area contributed by atoms with E-state index in [1.165, 1.54) is 21.6 Å². The summed E-state index contributed by atoms with van der Waals surface area (Å²) in [5.41, 5.74) is 4.70. The highest BCUT2D eigenvalue weighted by atomic mass is 79.9. The molecule has 0 N–H and O–H groups in total. The number of rotatable bonds is 5. The molecule has 0 aliphatic heterocycles. The Morgan fingerprint density at radius 2 is 1.83 bits per heavy atom. The van der Waals surface area contributed by atoms with E-state index in [0.29, 0.717) is 0 Å². The normalized spacial score (nSPS) is 11.2. The molecule has 0 fully saturated rings. The summed E-state index contributed by atoms with van der Waals surface area (Å²) in [4.78, 5) is 13.7. The molecule has 0 saturated heterocycles. The number of nitrogens with zero attached hydrogens (tertiary/aromatic N) is 3. The fraction of sp³-hybridized carbons (Fsp3) is 0.217. The molecule has 29 heavy (non-hydrogen) atoms. The molecule has 6 heteroatoms. The highest BCUT2D eigenvalue weighted by Gasteiger charge is 2.23. The fourth-order valence-corrected chi connectivity index (χ4v) is 5.23. The lowest BCUT2D eigenvalue weighted by atomic mass is 10.0. The molecule has 2 aromatic carbocycles. The average molecular weight is 487 g/mol. The quantitative estimate of drug-likeness (QED) is 0.269. The van der Waals surface area contributed by atoms with Crippen molar-refractivity contribution in [1.82, 2.24) is 9.97 Å². The van der Waals surface area contributed by atoms with E-state index in [1.807, 2.05) is 0 Å². The molecule has 2 heterocycles. The standard InChI is InChI=1S/C23H21BrClN3S/c1-4-18-19(15-9-11-16(24)12-10-15)20-21(26-23(25)27-22(20)29-18)28(5-2)17-8-6-7-14(3)13-17/h6-13H,4-5H2,1-3H3. The third-order valence-electron chi connectivity index (χ3n) is 4.92. The molecule has 0 unspecified atom stereocenters. The minimum Gasteiger partial charge on any atom is -0.326 e. The van der Waals surface area contributed by atoms with Crippen LogP contribution in [-0.4, -0.2) is 16.5 Å². The molecule has 3 nitrogen and oxygen atoms in total. The second-order valence-corrected chi connectivity index (χ2v) is 9.18. The molecule has 0 amide bonds. The van der Waals surface area contributed by atoms with Crippen LogP contribution in [-0.2, 0) is 6.42 Å². The number of hydrogen-bond donors (Lipinski definition) is 0. The molecule has 148 valence electrons. The Hall–Kier alpha value is -1.95. The topological polar surface area (TPSA) is 29.0 Å². The van der Waals surface area contributed by atoms with Crippen molar-refractivity contribution in [2.24, 2.45) is 0 Å². The van der Waals surface area contributed by atoms with Crippen molar-refractivity contribution < 1.29 is 0 Å². The zero-order valence-electron chi connectivity index (χ0n) is 16.5. The maximum absolute atomic E-state index is 6.37. The minimum atomic E-state index is 0.282. The summed E-state index contributed by atoms with van der Waals surface area (Å²) < 4.78 is 1.06. The van der Waals surface area contributed by atoms with Gasteiger partial charge in [0.25, 0.3) is 0 Å². The van der Waals surface area contributed by atoms with Crippen LogP contribution < -0.4 is 4.90 Å². The first kappa shape index (κ1) is 20.3. The van der Waals surface area contributed by atoms with Crippen molar-refractivity contribution in [1.29, 1.82) is 0 Å². The minimum absolute atomic E-state index is 0.282. The van der Waals surface area contributed by atoms with Crippen LogP contribution in [0.25, 0.3) is 21.3 Å². The second kappa shape index (κ2) is 8.42. The van der Waals surface area contributed by atoms with Crippen molar-refractivity contribution in [3.8, 4) is 11.1 Å². The summed E-state index contributed by atoms with van der Waals surface area (Å²) >= 11 is 11.6. The molecule has 0 aliphatic rings. The van der Waals surface area contributed by atoms with E-state index >= 15 is 0 Å². The Kier molecular flexibility index (Phi) is 5.91. The third kappa shape index (κ3) is 3.91.